The molecule has 1 aromatic heterocycles. The molecular weight excluding hydrogens is 384 g/mol. The van der Waals surface area contributed by atoms with Crippen molar-refractivity contribution in [1.29, 1.82) is 0 Å². The lowest BCUT2D eigenvalue weighted by Crippen LogP contribution is -2.17. The van der Waals surface area contributed by atoms with Crippen LogP contribution in [-0.2, 0) is 6.54 Å². The summed E-state index contributed by atoms with van der Waals surface area (Å²) in [6, 6.07) is 20.1. The molecule has 0 bridgehead atoms. The first-order valence-electron chi connectivity index (χ1n) is 9.41. The van der Waals surface area contributed by atoms with Crippen LogP contribution in [0, 0.1) is 4.77 Å². The van der Waals surface area contributed by atoms with Crippen LogP contribution in [0.1, 0.15) is 12.5 Å². The van der Waals surface area contributed by atoms with E-state index in [9.17, 15) is 0 Å². The van der Waals surface area contributed by atoms with Gasteiger partial charge in [0, 0.05) is 5.56 Å². The standard InChI is InChI=1S/C22H22N4O2S/c1-3-28-20-13-12-15-8-4-5-9-16(15)18(20)14-23-26-21(24-25-22(26)29)17-10-6-7-11-19(17)27-2/h4-13,23H,3,14H2,1-2H3,(H,25,29). The molecule has 4 aromatic rings. The molecule has 3 aromatic carbocycles. The van der Waals surface area contributed by atoms with Crippen LogP contribution in [0.25, 0.3) is 22.2 Å². The summed E-state index contributed by atoms with van der Waals surface area (Å²) in [5.41, 5.74) is 5.32. The number of benzene rings is 3. The molecular formula is C22H22N4O2S. The zero-order chi connectivity index (χ0) is 20.2. The van der Waals surface area contributed by atoms with Gasteiger partial charge in [-0.15, -0.1) is 0 Å². The number of methoxy groups -OCH3 is 1. The lowest BCUT2D eigenvalue weighted by atomic mass is 10.0. The molecule has 29 heavy (non-hydrogen) atoms. The third-order valence-electron chi connectivity index (χ3n) is 4.73. The predicted molar refractivity (Wildman–Crippen MR) is 118 cm³/mol. The van der Waals surface area contributed by atoms with Gasteiger partial charge in [-0.2, -0.15) is 5.10 Å². The molecule has 4 rings (SSSR count). The van der Waals surface area contributed by atoms with Crippen molar-refractivity contribution >= 4 is 23.0 Å². The van der Waals surface area contributed by atoms with Crippen molar-refractivity contribution in [3.05, 3.63) is 71.0 Å². The Balaban J connectivity index is 1.73. The maximum Gasteiger partial charge on any atom is 0.214 e. The van der Waals surface area contributed by atoms with Gasteiger partial charge in [-0.25, -0.2) is 9.77 Å². The highest BCUT2D eigenvalue weighted by Gasteiger charge is 2.15. The molecule has 0 fully saturated rings. The van der Waals surface area contributed by atoms with E-state index in [2.05, 4.69) is 33.8 Å². The maximum absolute atomic E-state index is 5.88. The van der Waals surface area contributed by atoms with Gasteiger partial charge in [0.05, 0.1) is 25.8 Å². The molecule has 0 atom stereocenters. The number of H-pyrrole nitrogens is 1. The SMILES string of the molecule is CCOc1ccc2ccccc2c1CNn1c(-c2ccccc2OC)n[nH]c1=S. The lowest BCUT2D eigenvalue weighted by Gasteiger charge is -2.16. The van der Waals surface area contributed by atoms with Crippen LogP contribution in [0.2, 0.25) is 0 Å². The van der Waals surface area contributed by atoms with E-state index in [0.29, 0.717) is 23.7 Å². The second-order valence-electron chi connectivity index (χ2n) is 6.42. The lowest BCUT2D eigenvalue weighted by molar-refractivity contribution is 0.337. The normalized spacial score (nSPS) is 10.8. The smallest absolute Gasteiger partial charge is 0.214 e. The van der Waals surface area contributed by atoms with Gasteiger partial charge < -0.3 is 14.9 Å². The van der Waals surface area contributed by atoms with Gasteiger partial charge in [-0.3, -0.25) is 0 Å². The van der Waals surface area contributed by atoms with E-state index in [1.807, 2.05) is 49.4 Å². The predicted octanol–water partition coefficient (Wildman–Crippen LogP) is 4.91. The summed E-state index contributed by atoms with van der Waals surface area (Å²) in [7, 11) is 1.64. The first-order chi connectivity index (χ1) is 14.2. The Labute approximate surface area is 174 Å². The van der Waals surface area contributed by atoms with E-state index in [-0.39, 0.29) is 0 Å². The monoisotopic (exact) mass is 406 g/mol. The number of nitrogens with zero attached hydrogens (tertiary/aromatic N) is 2. The molecule has 1 heterocycles. The quantitative estimate of drug-likeness (QED) is 0.427. The fraction of sp³-hybridized carbons (Fsp3) is 0.182. The minimum Gasteiger partial charge on any atom is -0.496 e. The first-order valence-corrected chi connectivity index (χ1v) is 9.82. The number of hydrogen-bond donors (Lipinski definition) is 2. The second kappa shape index (κ2) is 8.36. The summed E-state index contributed by atoms with van der Waals surface area (Å²) < 4.78 is 13.6. The summed E-state index contributed by atoms with van der Waals surface area (Å²) in [5, 5.41) is 9.57. The minimum absolute atomic E-state index is 0.476. The molecule has 6 nitrogen and oxygen atoms in total. The van der Waals surface area contributed by atoms with Crippen molar-refractivity contribution in [2.24, 2.45) is 0 Å². The summed E-state index contributed by atoms with van der Waals surface area (Å²) in [6.45, 7) is 3.11. The van der Waals surface area contributed by atoms with Crippen molar-refractivity contribution in [2.75, 3.05) is 19.1 Å². The molecule has 0 aliphatic rings. The Bertz CT molecular complexity index is 1200. The van der Waals surface area contributed by atoms with Gasteiger partial charge in [0.25, 0.3) is 0 Å². The number of aromatic nitrogens is 3. The van der Waals surface area contributed by atoms with E-state index in [0.717, 1.165) is 33.4 Å². The molecule has 7 heteroatoms. The van der Waals surface area contributed by atoms with Crippen LogP contribution in [-0.4, -0.2) is 28.6 Å². The van der Waals surface area contributed by atoms with Gasteiger partial charge in [0.15, 0.2) is 5.82 Å². The van der Waals surface area contributed by atoms with Gasteiger partial charge in [0.2, 0.25) is 4.77 Å². The summed E-state index contributed by atoms with van der Waals surface area (Å²) in [6.07, 6.45) is 0. The molecule has 0 aliphatic heterocycles. The highest BCUT2D eigenvalue weighted by Crippen LogP contribution is 2.30. The fourth-order valence-electron chi connectivity index (χ4n) is 3.40. The average Bonchev–Trinajstić information content (AvgIpc) is 3.13. The highest BCUT2D eigenvalue weighted by atomic mass is 32.1. The van der Waals surface area contributed by atoms with Crippen molar-refractivity contribution in [1.82, 2.24) is 14.9 Å². The van der Waals surface area contributed by atoms with Crippen LogP contribution in [0.4, 0.5) is 0 Å². The van der Waals surface area contributed by atoms with Crippen LogP contribution in [0.15, 0.2) is 60.7 Å². The Hall–Kier alpha value is -3.32. The average molecular weight is 407 g/mol. The Morgan fingerprint density at radius 3 is 2.66 bits per heavy atom. The Morgan fingerprint density at radius 1 is 1.03 bits per heavy atom. The molecule has 0 unspecified atom stereocenters. The van der Waals surface area contributed by atoms with Crippen molar-refractivity contribution < 1.29 is 9.47 Å². The van der Waals surface area contributed by atoms with E-state index < -0.39 is 0 Å². The third-order valence-corrected chi connectivity index (χ3v) is 5.01. The number of rotatable bonds is 7. The van der Waals surface area contributed by atoms with Crippen molar-refractivity contribution in [3.8, 4) is 22.9 Å². The van der Waals surface area contributed by atoms with Crippen LogP contribution < -0.4 is 14.9 Å². The number of para-hydroxylation sites is 1. The van der Waals surface area contributed by atoms with Crippen LogP contribution in [0.3, 0.4) is 0 Å². The van der Waals surface area contributed by atoms with Gasteiger partial charge in [-0.1, -0.05) is 42.5 Å². The molecule has 0 aliphatic carbocycles. The van der Waals surface area contributed by atoms with Crippen LogP contribution in [0.5, 0.6) is 11.5 Å². The van der Waals surface area contributed by atoms with Crippen molar-refractivity contribution in [2.45, 2.75) is 13.5 Å². The Morgan fingerprint density at radius 2 is 1.83 bits per heavy atom. The zero-order valence-electron chi connectivity index (χ0n) is 16.3. The topological polar surface area (TPSA) is 64.1 Å². The minimum atomic E-state index is 0.476. The molecule has 0 amide bonds. The van der Waals surface area contributed by atoms with Crippen molar-refractivity contribution in [3.63, 3.8) is 0 Å². The van der Waals surface area contributed by atoms with Gasteiger partial charge in [0.1, 0.15) is 11.5 Å². The largest absolute Gasteiger partial charge is 0.496 e. The third kappa shape index (κ3) is 3.69. The Kier molecular flexibility index (Phi) is 5.48. The maximum atomic E-state index is 5.88. The zero-order valence-corrected chi connectivity index (χ0v) is 17.1. The van der Waals surface area contributed by atoms with Gasteiger partial charge in [-0.05, 0) is 48.1 Å². The summed E-state index contributed by atoms with van der Waals surface area (Å²) >= 11 is 5.46. The molecule has 0 saturated carbocycles. The highest BCUT2D eigenvalue weighted by molar-refractivity contribution is 7.71. The molecule has 0 spiro atoms. The van der Waals surface area contributed by atoms with E-state index in [1.165, 1.54) is 0 Å². The molecule has 0 radical (unpaired) electrons. The number of hydrogen-bond acceptors (Lipinski definition) is 5. The molecule has 2 N–H and O–H groups in total. The second-order valence-corrected chi connectivity index (χ2v) is 6.81. The van der Waals surface area contributed by atoms with E-state index >= 15 is 0 Å². The van der Waals surface area contributed by atoms with E-state index in [4.69, 9.17) is 21.7 Å². The van der Waals surface area contributed by atoms with Crippen LogP contribution >= 0.6 is 12.2 Å². The fourth-order valence-corrected chi connectivity index (χ4v) is 3.60. The molecule has 0 saturated heterocycles. The van der Waals surface area contributed by atoms with Gasteiger partial charge >= 0.3 is 0 Å². The number of aromatic amines is 1. The summed E-state index contributed by atoms with van der Waals surface area (Å²) in [4.78, 5) is 0. The van der Waals surface area contributed by atoms with E-state index in [1.54, 1.807) is 11.8 Å². The number of nitrogens with one attached hydrogen (secondary N) is 2. The molecule has 148 valence electrons. The number of fused-ring (bicyclic) bond motifs is 1. The summed E-state index contributed by atoms with van der Waals surface area (Å²) in [5.74, 6) is 2.24. The number of ether oxygens (including phenoxy) is 2. The first kappa shape index (κ1) is 19.0.